The zero-order valence-electron chi connectivity index (χ0n) is 8.59. The summed E-state index contributed by atoms with van der Waals surface area (Å²) in [5.41, 5.74) is 3.47. The van der Waals surface area contributed by atoms with Gasteiger partial charge < -0.3 is 10.1 Å². The lowest BCUT2D eigenvalue weighted by molar-refractivity contribution is 0.288. The summed E-state index contributed by atoms with van der Waals surface area (Å²) in [7, 11) is 0. The third-order valence-corrected chi connectivity index (χ3v) is 2.18. The Labute approximate surface area is 85.0 Å². The van der Waals surface area contributed by atoms with Gasteiger partial charge >= 0.3 is 0 Å². The van der Waals surface area contributed by atoms with Gasteiger partial charge in [0.15, 0.2) is 0 Å². The first-order valence-corrected chi connectivity index (χ1v) is 4.89. The molecule has 14 heavy (non-hydrogen) atoms. The van der Waals surface area contributed by atoms with Crippen LogP contribution in [0, 0.1) is 0 Å². The fourth-order valence-corrected chi connectivity index (χ4v) is 1.52. The van der Waals surface area contributed by atoms with Gasteiger partial charge in [0, 0.05) is 24.1 Å². The van der Waals surface area contributed by atoms with Gasteiger partial charge in [-0.2, -0.15) is 0 Å². The smallest absolute Gasteiger partial charge is 0.0453 e. The summed E-state index contributed by atoms with van der Waals surface area (Å²) < 4.78 is 0. The molecule has 2 heteroatoms. The molecule has 2 N–H and O–H groups in total. The quantitative estimate of drug-likeness (QED) is 0.737. The van der Waals surface area contributed by atoms with Gasteiger partial charge in [0.25, 0.3) is 0 Å². The summed E-state index contributed by atoms with van der Waals surface area (Å²) in [6.07, 6.45) is 9.56. The molecule has 0 amide bonds. The normalized spacial score (nSPS) is 11.0. The monoisotopic (exact) mass is 191 g/mol. The van der Waals surface area contributed by atoms with E-state index in [-0.39, 0.29) is 6.61 Å². The molecule has 76 valence electrons. The Balaban J connectivity index is 2.89. The van der Waals surface area contributed by atoms with Crippen LogP contribution in [-0.2, 0) is 6.42 Å². The van der Waals surface area contributed by atoms with Crippen molar-refractivity contribution in [3.63, 3.8) is 0 Å². The molecule has 1 aromatic rings. The highest BCUT2D eigenvalue weighted by Gasteiger charge is 2.04. The Morgan fingerprint density at radius 1 is 1.57 bits per heavy atom. The second kappa shape index (κ2) is 5.45. The van der Waals surface area contributed by atoms with E-state index in [1.807, 2.05) is 31.3 Å². The van der Waals surface area contributed by atoms with Crippen molar-refractivity contribution < 1.29 is 5.11 Å². The first kappa shape index (κ1) is 10.8. The molecule has 0 radical (unpaired) electrons. The summed E-state index contributed by atoms with van der Waals surface area (Å²) in [6.45, 7) is 6.02. The van der Waals surface area contributed by atoms with Crippen LogP contribution in [0.2, 0.25) is 0 Å². The average Bonchev–Trinajstić information content (AvgIpc) is 2.58. The van der Waals surface area contributed by atoms with Crippen LogP contribution in [0.5, 0.6) is 0 Å². The predicted octanol–water partition coefficient (Wildman–Crippen LogP) is 2.62. The van der Waals surface area contributed by atoms with Gasteiger partial charge in [-0.15, -0.1) is 0 Å². The third-order valence-electron chi connectivity index (χ3n) is 2.18. The molecule has 0 spiro atoms. The van der Waals surface area contributed by atoms with Crippen LogP contribution in [0.25, 0.3) is 12.2 Å². The van der Waals surface area contributed by atoms with Gasteiger partial charge in [0.2, 0.25) is 0 Å². The molecule has 1 rings (SSSR count). The molecule has 0 saturated heterocycles. The van der Waals surface area contributed by atoms with E-state index >= 15 is 0 Å². The molecule has 2 nitrogen and oxygen atoms in total. The molecule has 1 heterocycles. The lowest BCUT2D eigenvalue weighted by atomic mass is 10.1. The van der Waals surface area contributed by atoms with Crippen LogP contribution < -0.4 is 0 Å². The number of aromatic amines is 1. The van der Waals surface area contributed by atoms with E-state index in [0.717, 1.165) is 24.1 Å². The maximum atomic E-state index is 8.75. The molecule has 0 unspecified atom stereocenters. The van der Waals surface area contributed by atoms with E-state index in [4.69, 9.17) is 5.11 Å². The molecular weight excluding hydrogens is 174 g/mol. The fourth-order valence-electron chi connectivity index (χ4n) is 1.52. The van der Waals surface area contributed by atoms with E-state index in [1.165, 1.54) is 5.56 Å². The van der Waals surface area contributed by atoms with Crippen LogP contribution in [0.15, 0.2) is 18.9 Å². The summed E-state index contributed by atoms with van der Waals surface area (Å²) in [4.78, 5) is 3.20. The number of allylic oxidation sites excluding steroid dienone is 1. The van der Waals surface area contributed by atoms with Crippen molar-refractivity contribution in [3.8, 4) is 0 Å². The van der Waals surface area contributed by atoms with Crippen LogP contribution >= 0.6 is 0 Å². The van der Waals surface area contributed by atoms with E-state index in [2.05, 4.69) is 11.6 Å². The van der Waals surface area contributed by atoms with Crippen molar-refractivity contribution >= 4 is 12.2 Å². The number of aliphatic hydroxyl groups excluding tert-OH is 1. The second-order valence-corrected chi connectivity index (χ2v) is 3.17. The average molecular weight is 191 g/mol. The van der Waals surface area contributed by atoms with Crippen molar-refractivity contribution in [2.24, 2.45) is 0 Å². The number of hydrogen-bond donors (Lipinski definition) is 2. The summed E-state index contributed by atoms with van der Waals surface area (Å²) >= 11 is 0. The molecule has 0 fully saturated rings. The Kier molecular flexibility index (Phi) is 4.20. The molecule has 0 aliphatic heterocycles. The largest absolute Gasteiger partial charge is 0.396 e. The highest BCUT2D eigenvalue weighted by Crippen LogP contribution is 2.18. The van der Waals surface area contributed by atoms with Gasteiger partial charge in [-0.05, 0) is 31.4 Å². The summed E-state index contributed by atoms with van der Waals surface area (Å²) in [5, 5.41) is 8.75. The Hall–Kier alpha value is -1.28. The topological polar surface area (TPSA) is 36.0 Å². The van der Waals surface area contributed by atoms with Crippen molar-refractivity contribution in [1.29, 1.82) is 0 Å². The minimum absolute atomic E-state index is 0.237. The van der Waals surface area contributed by atoms with Crippen molar-refractivity contribution in [1.82, 2.24) is 4.98 Å². The predicted molar refractivity (Wildman–Crippen MR) is 61.0 cm³/mol. The molecule has 0 aliphatic carbocycles. The lowest BCUT2D eigenvalue weighted by Crippen LogP contribution is -1.89. The fraction of sp³-hybridized carbons (Fsp3) is 0.333. The molecular formula is C12H17NO. The first-order chi connectivity index (χ1) is 6.83. The zero-order valence-corrected chi connectivity index (χ0v) is 8.59. The van der Waals surface area contributed by atoms with Gasteiger partial charge in [0.1, 0.15) is 0 Å². The van der Waals surface area contributed by atoms with Gasteiger partial charge in [-0.25, -0.2) is 0 Å². The minimum Gasteiger partial charge on any atom is -0.396 e. The maximum Gasteiger partial charge on any atom is 0.0453 e. The number of rotatable bonds is 5. The van der Waals surface area contributed by atoms with E-state index in [1.54, 1.807) is 0 Å². The van der Waals surface area contributed by atoms with Gasteiger partial charge in [0.05, 0.1) is 0 Å². The molecule has 0 aromatic carbocycles. The molecule has 0 aliphatic rings. The van der Waals surface area contributed by atoms with Crippen LogP contribution in [0.3, 0.4) is 0 Å². The van der Waals surface area contributed by atoms with Crippen molar-refractivity contribution in [2.75, 3.05) is 6.61 Å². The number of aryl methyl sites for hydroxylation is 1. The minimum atomic E-state index is 0.237. The summed E-state index contributed by atoms with van der Waals surface area (Å²) in [5.74, 6) is 0. The van der Waals surface area contributed by atoms with E-state index < -0.39 is 0 Å². The second-order valence-electron chi connectivity index (χ2n) is 3.17. The Morgan fingerprint density at radius 2 is 2.36 bits per heavy atom. The van der Waals surface area contributed by atoms with Crippen LogP contribution in [0.4, 0.5) is 0 Å². The zero-order chi connectivity index (χ0) is 10.4. The highest BCUT2D eigenvalue weighted by molar-refractivity contribution is 5.64. The first-order valence-electron chi connectivity index (χ1n) is 4.89. The third kappa shape index (κ3) is 2.36. The molecule has 1 aromatic heterocycles. The standard InChI is InChI=1S/C12H17NO/c1-3-6-12-11(4-2)10(9-13-12)7-5-8-14/h3-4,6,9,13-14H,2,5,7-8H2,1H3/b6-3-. The highest BCUT2D eigenvalue weighted by atomic mass is 16.2. The van der Waals surface area contributed by atoms with E-state index in [9.17, 15) is 0 Å². The van der Waals surface area contributed by atoms with Gasteiger partial charge in [-0.3, -0.25) is 0 Å². The number of aromatic nitrogens is 1. The number of aliphatic hydroxyl groups is 1. The number of nitrogens with one attached hydrogen (secondary N) is 1. The SMILES string of the molecule is C=Cc1c(CCCO)c[nH]c1/C=C\C. The Bertz CT molecular complexity index is 323. The van der Waals surface area contributed by atoms with Crippen LogP contribution in [0.1, 0.15) is 30.2 Å². The van der Waals surface area contributed by atoms with Crippen molar-refractivity contribution in [2.45, 2.75) is 19.8 Å². The van der Waals surface area contributed by atoms with E-state index in [0.29, 0.717) is 0 Å². The van der Waals surface area contributed by atoms with Gasteiger partial charge in [-0.1, -0.05) is 18.7 Å². The number of H-pyrrole nitrogens is 1. The lowest BCUT2D eigenvalue weighted by Gasteiger charge is -1.98. The molecule has 0 saturated carbocycles. The summed E-state index contributed by atoms with van der Waals surface area (Å²) in [6, 6.07) is 0. The van der Waals surface area contributed by atoms with Crippen molar-refractivity contribution in [3.05, 3.63) is 35.7 Å². The number of hydrogen-bond acceptors (Lipinski definition) is 1. The molecule has 0 atom stereocenters. The Morgan fingerprint density at radius 3 is 2.93 bits per heavy atom. The molecule has 0 bridgehead atoms. The van der Waals surface area contributed by atoms with Crippen LogP contribution in [-0.4, -0.2) is 16.7 Å². The maximum absolute atomic E-state index is 8.75.